The second-order valence-electron chi connectivity index (χ2n) is 25.2. The highest BCUT2D eigenvalue weighted by molar-refractivity contribution is 7.13. The number of aryl methyl sites for hydroxylation is 1. The number of hydrogen-bond donors (Lipinski definition) is 4. The van der Waals surface area contributed by atoms with Gasteiger partial charge in [0, 0.05) is 99.7 Å². The van der Waals surface area contributed by atoms with Crippen molar-refractivity contribution in [2.45, 2.75) is 133 Å². The zero-order valence-corrected chi connectivity index (χ0v) is 49.7. The first-order valence-corrected chi connectivity index (χ1v) is 31.3. The number of phenols is 1. The highest BCUT2D eigenvalue weighted by Crippen LogP contribution is 2.49. The van der Waals surface area contributed by atoms with Crippen molar-refractivity contribution >= 4 is 62.6 Å². The smallest absolute Gasteiger partial charge is 0.409 e. The van der Waals surface area contributed by atoms with Crippen LogP contribution in [0.15, 0.2) is 76.9 Å². The molecule has 10 heterocycles. The largest absolute Gasteiger partial charge is 0.508 e. The maximum atomic E-state index is 14.5. The minimum absolute atomic E-state index is 0.0165. The monoisotopic (exact) mass is 1170 g/mol. The number of carbonyl (C=O) groups is 3. The molecule has 85 heavy (non-hydrogen) atoms. The molecule has 3 amide bonds. The van der Waals surface area contributed by atoms with Crippen molar-refractivity contribution in [3.63, 3.8) is 0 Å². The number of nitrogens with one attached hydrogen (secondary N) is 2. The van der Waals surface area contributed by atoms with Crippen LogP contribution in [0.3, 0.4) is 0 Å². The molecule has 9 atom stereocenters. The molecule has 20 nitrogen and oxygen atoms in total. The zero-order chi connectivity index (χ0) is 58.4. The number of aliphatic hydroxyl groups excluding tert-OH is 1. The Labute approximate surface area is 497 Å². The van der Waals surface area contributed by atoms with Gasteiger partial charge in [-0.1, -0.05) is 68.4 Å². The van der Waals surface area contributed by atoms with Gasteiger partial charge in [0.05, 0.1) is 50.4 Å². The molecule has 6 aliphatic heterocycles. The van der Waals surface area contributed by atoms with E-state index in [1.165, 1.54) is 10.5 Å². The maximum Gasteiger partial charge on any atom is 0.409 e. The number of aliphatic hydroxyl groups is 1. The van der Waals surface area contributed by atoms with Gasteiger partial charge in [-0.2, -0.15) is 9.97 Å². The number of amides is 3. The van der Waals surface area contributed by atoms with Crippen LogP contribution in [0, 0.1) is 12.8 Å². The zero-order valence-electron chi connectivity index (χ0n) is 48.9. The lowest BCUT2D eigenvalue weighted by molar-refractivity contribution is -0.141. The maximum absolute atomic E-state index is 14.5. The molecule has 1 aliphatic carbocycles. The van der Waals surface area contributed by atoms with E-state index in [0.29, 0.717) is 62.5 Å². The summed E-state index contributed by atoms with van der Waals surface area (Å²) < 4.78 is 18.9. The van der Waals surface area contributed by atoms with Gasteiger partial charge in [0.15, 0.2) is 11.6 Å². The Morgan fingerprint density at radius 1 is 0.929 bits per heavy atom. The normalized spacial score (nSPS) is 25.2. The third-order valence-electron chi connectivity index (χ3n) is 19.6. The Hall–Kier alpha value is -7.46. The highest BCUT2D eigenvalue weighted by atomic mass is 32.1. The van der Waals surface area contributed by atoms with Crippen LogP contribution >= 0.6 is 11.3 Å². The number of likely N-dealkylation sites (tertiary alicyclic amines) is 1. The van der Waals surface area contributed by atoms with Crippen molar-refractivity contribution in [2.24, 2.45) is 5.92 Å². The Kier molecular flexibility index (Phi) is 14.4. The Morgan fingerprint density at radius 2 is 1.73 bits per heavy atom. The summed E-state index contributed by atoms with van der Waals surface area (Å²) in [6.45, 7) is 15.1. The molecule has 4 unspecified atom stereocenters. The third-order valence-corrected chi connectivity index (χ3v) is 20.5. The number of pyridine rings is 1. The SMILES string of the molecule is Cc1ncsc1-c1ccc([C@H](C)NC(=O)[C@@H]2C[C@@H](O)CN2C(=O)[C@@H](c2cc(N3CCN(C(=O)OCC4CC[C@@]5(COc6nc(N7CC8CCC(C7)N8)c7cnc8c(c7n6)C(C)c6cccc7cc(O)cc-8c67)CCCN45)CC3)no2)C(C)C)cc1. The van der Waals surface area contributed by atoms with Crippen molar-refractivity contribution in [3.05, 3.63) is 101 Å². The number of anilines is 2. The van der Waals surface area contributed by atoms with Crippen molar-refractivity contribution in [1.82, 2.24) is 50.4 Å². The Bertz CT molecular complexity index is 3710. The van der Waals surface area contributed by atoms with Crippen molar-refractivity contribution < 1.29 is 38.6 Å². The molecule has 6 saturated heterocycles. The average molecular weight is 1170 g/mol. The Balaban J connectivity index is 0.605. The van der Waals surface area contributed by atoms with E-state index in [-0.39, 0.29) is 72.7 Å². The lowest BCUT2D eigenvalue weighted by atomic mass is 9.79. The van der Waals surface area contributed by atoms with Crippen LogP contribution in [-0.4, -0.2) is 169 Å². The summed E-state index contributed by atoms with van der Waals surface area (Å²) in [4.78, 5) is 73.5. The van der Waals surface area contributed by atoms with E-state index < -0.39 is 18.1 Å². The van der Waals surface area contributed by atoms with Crippen molar-refractivity contribution in [2.75, 3.05) is 75.4 Å². The molecule has 7 aliphatic rings. The van der Waals surface area contributed by atoms with Gasteiger partial charge in [-0.3, -0.25) is 19.5 Å². The fraction of sp³-hybridized carbons (Fsp3) is 0.500. The van der Waals surface area contributed by atoms with E-state index >= 15 is 0 Å². The topological polar surface area (TPSA) is 228 Å². The van der Waals surface area contributed by atoms with Crippen molar-refractivity contribution in [1.29, 1.82) is 0 Å². The number of thiazole rings is 1. The van der Waals surface area contributed by atoms with Gasteiger partial charge < -0.3 is 54.4 Å². The number of benzene rings is 3. The summed E-state index contributed by atoms with van der Waals surface area (Å²) in [6.07, 6.45) is 6.87. The standard InChI is InChI=1S/C64H74N12O8S/c1-35(2)53(61(80)75-31-46(78)26-50(75)60(79)67-37(4)39-10-12-40(13-11-39)58-38(5)66-34-85-58)51-27-52(71-84-51)72-20-22-73(23-21-72)63(81)82-32-44-16-18-64(17-7-19-76(44)64)33-83-62-69-57-49(59(70-62)74-29-42-14-15-43(30-74)68-42)28-65-56-48-25-45(77)24-41-8-6-9-47(55(41)48)36(3)54(56)57/h6,8-13,24-25,27-28,34-37,42-44,46,50,53,68,77-78H,7,14-23,26,29-33H2,1-5H3,(H,67,79)/t36?,37-,42?,43?,44?,46+,50-,53+,64+/m0/s1. The van der Waals surface area contributed by atoms with Gasteiger partial charge in [0.25, 0.3) is 0 Å². The van der Waals surface area contributed by atoms with E-state index in [1.54, 1.807) is 22.3 Å². The number of nitrogens with zero attached hydrogens (tertiary/aromatic N) is 10. The van der Waals surface area contributed by atoms with Crippen LogP contribution in [0.1, 0.15) is 119 Å². The fourth-order valence-corrected chi connectivity index (χ4v) is 16.0. The summed E-state index contributed by atoms with van der Waals surface area (Å²) >= 11 is 1.59. The number of hydrogen-bond acceptors (Lipinski definition) is 18. The summed E-state index contributed by atoms with van der Waals surface area (Å²) in [5.74, 6) is 0.415. The first-order chi connectivity index (χ1) is 41.2. The van der Waals surface area contributed by atoms with E-state index in [4.69, 9.17) is 28.9 Å². The predicted octanol–water partition coefficient (Wildman–Crippen LogP) is 8.29. The van der Waals surface area contributed by atoms with E-state index in [0.717, 1.165) is 124 Å². The highest BCUT2D eigenvalue weighted by Gasteiger charge is 2.51. The van der Waals surface area contributed by atoms with Crippen LogP contribution in [0.2, 0.25) is 0 Å². The molecule has 6 fully saturated rings. The Morgan fingerprint density at radius 3 is 2.49 bits per heavy atom. The number of ether oxygens (including phenoxy) is 2. The molecule has 4 N–H and O–H groups in total. The second-order valence-corrected chi connectivity index (χ2v) is 26.0. The van der Waals surface area contributed by atoms with Crippen LogP contribution < -0.4 is 25.2 Å². The summed E-state index contributed by atoms with van der Waals surface area (Å²) in [7, 11) is 0. The number of aromatic nitrogens is 5. The van der Waals surface area contributed by atoms with Gasteiger partial charge >= 0.3 is 12.1 Å². The second kappa shape index (κ2) is 22.1. The number of β-amino-alcohol motifs (C(OH)–C–C–N with tert-alkyl or cyclic N) is 1. The number of piperazine rings is 2. The van der Waals surface area contributed by atoms with E-state index in [9.17, 15) is 24.6 Å². The summed E-state index contributed by atoms with van der Waals surface area (Å²) in [5, 5.41) is 36.0. The molecule has 0 saturated carbocycles. The van der Waals surface area contributed by atoms with Gasteiger partial charge in [-0.15, -0.1) is 11.3 Å². The minimum Gasteiger partial charge on any atom is -0.508 e. The number of rotatable bonds is 14. The van der Waals surface area contributed by atoms with Gasteiger partial charge in [-0.05, 0) is 104 Å². The van der Waals surface area contributed by atoms with Crippen LogP contribution in [0.4, 0.5) is 16.4 Å². The summed E-state index contributed by atoms with van der Waals surface area (Å²) in [5.41, 5.74) is 9.29. The average Bonchev–Trinajstić information content (AvgIpc) is 1.94. The molecule has 7 aromatic rings. The number of phenolic OH excluding ortho intramolecular Hbond substituents is 1. The van der Waals surface area contributed by atoms with Crippen molar-refractivity contribution in [3.8, 4) is 33.5 Å². The first kappa shape index (κ1) is 55.4. The molecule has 4 aromatic heterocycles. The molecular formula is C64H74N12O8S. The third kappa shape index (κ3) is 10.1. The summed E-state index contributed by atoms with van der Waals surface area (Å²) in [6, 6.07) is 19.8. The van der Waals surface area contributed by atoms with Gasteiger partial charge in [0.1, 0.15) is 36.7 Å². The molecule has 21 heteroatoms. The van der Waals surface area contributed by atoms with E-state index in [1.807, 2.05) is 86.8 Å². The van der Waals surface area contributed by atoms with Crippen LogP contribution in [-0.2, 0) is 14.3 Å². The number of carbonyl (C=O) groups excluding carboxylic acids is 3. The van der Waals surface area contributed by atoms with Gasteiger partial charge in [-0.25, -0.2) is 9.78 Å². The van der Waals surface area contributed by atoms with Crippen LogP contribution in [0.5, 0.6) is 11.8 Å². The lowest BCUT2D eigenvalue weighted by Crippen LogP contribution is -2.51. The number of aromatic hydroxyl groups is 1. The molecule has 14 rings (SSSR count). The van der Waals surface area contributed by atoms with E-state index in [2.05, 4.69) is 49.6 Å². The minimum atomic E-state index is -0.854. The predicted molar refractivity (Wildman–Crippen MR) is 323 cm³/mol. The van der Waals surface area contributed by atoms with Crippen LogP contribution in [0.25, 0.3) is 43.4 Å². The van der Waals surface area contributed by atoms with Gasteiger partial charge in [0.2, 0.25) is 11.8 Å². The molecule has 3 aromatic carbocycles. The molecular weight excluding hydrogens is 1100 g/mol. The fourth-order valence-electron chi connectivity index (χ4n) is 15.2. The molecule has 444 valence electrons. The quantitative estimate of drug-likeness (QED) is 0.0803. The first-order valence-electron chi connectivity index (χ1n) is 30.5. The molecule has 2 bridgehead atoms. The number of fused-ring (bicyclic) bond motifs is 7. The molecule has 0 spiro atoms. The lowest BCUT2D eigenvalue weighted by Gasteiger charge is -2.36. The molecule has 0 radical (unpaired) electrons.